The van der Waals surface area contributed by atoms with Crippen LogP contribution in [0.4, 0.5) is 13.2 Å². The molecule has 0 radical (unpaired) electrons. The Labute approximate surface area is 112 Å². The van der Waals surface area contributed by atoms with Crippen molar-refractivity contribution in [3.05, 3.63) is 35.4 Å². The molecule has 1 fully saturated rings. The van der Waals surface area contributed by atoms with Gasteiger partial charge in [0.2, 0.25) is 0 Å². The monoisotopic (exact) mass is 271 g/mol. The number of halogens is 3. The van der Waals surface area contributed by atoms with Gasteiger partial charge in [0, 0.05) is 6.04 Å². The van der Waals surface area contributed by atoms with Gasteiger partial charge >= 0.3 is 6.18 Å². The minimum atomic E-state index is -4.26. The van der Waals surface area contributed by atoms with E-state index in [-0.39, 0.29) is 5.92 Å². The summed E-state index contributed by atoms with van der Waals surface area (Å²) in [6, 6.07) is 6.32. The third-order valence-corrected chi connectivity index (χ3v) is 3.90. The molecular weight excluding hydrogens is 251 g/mol. The fraction of sp³-hybridized carbons (Fsp3) is 0.600. The maximum Gasteiger partial charge on any atom is 0.416 e. The summed E-state index contributed by atoms with van der Waals surface area (Å²) in [6.07, 6.45) is -1.81. The summed E-state index contributed by atoms with van der Waals surface area (Å²) in [6.45, 7) is 4.94. The SMILES string of the molecule is CC(CNC1CC1)C(C)c1cccc(C(F)(F)F)c1. The van der Waals surface area contributed by atoms with Gasteiger partial charge in [-0.05, 0) is 42.9 Å². The van der Waals surface area contributed by atoms with Gasteiger partial charge in [0.05, 0.1) is 5.56 Å². The lowest BCUT2D eigenvalue weighted by Crippen LogP contribution is -2.26. The number of benzene rings is 1. The van der Waals surface area contributed by atoms with Crippen molar-refractivity contribution in [3.8, 4) is 0 Å². The van der Waals surface area contributed by atoms with Gasteiger partial charge < -0.3 is 5.32 Å². The van der Waals surface area contributed by atoms with E-state index in [0.29, 0.717) is 12.0 Å². The second-order valence-corrected chi connectivity index (χ2v) is 5.57. The van der Waals surface area contributed by atoms with E-state index in [2.05, 4.69) is 12.2 Å². The molecule has 2 rings (SSSR count). The highest BCUT2D eigenvalue weighted by Crippen LogP contribution is 2.33. The number of hydrogen-bond donors (Lipinski definition) is 1. The van der Waals surface area contributed by atoms with E-state index < -0.39 is 11.7 Å². The molecule has 1 aromatic rings. The second kappa shape index (κ2) is 5.53. The number of hydrogen-bond acceptors (Lipinski definition) is 1. The molecule has 106 valence electrons. The first kappa shape index (κ1) is 14.4. The molecule has 1 N–H and O–H groups in total. The Hall–Kier alpha value is -1.03. The number of alkyl halides is 3. The van der Waals surface area contributed by atoms with Crippen molar-refractivity contribution in [1.29, 1.82) is 0 Å². The molecule has 2 unspecified atom stereocenters. The molecule has 1 aromatic carbocycles. The van der Waals surface area contributed by atoms with Gasteiger partial charge in [-0.1, -0.05) is 32.0 Å². The van der Waals surface area contributed by atoms with Crippen molar-refractivity contribution in [3.63, 3.8) is 0 Å². The van der Waals surface area contributed by atoms with Crippen LogP contribution in [0.25, 0.3) is 0 Å². The molecule has 0 amide bonds. The second-order valence-electron chi connectivity index (χ2n) is 5.57. The molecule has 0 bridgehead atoms. The highest BCUT2D eigenvalue weighted by atomic mass is 19.4. The van der Waals surface area contributed by atoms with Gasteiger partial charge in [-0.3, -0.25) is 0 Å². The van der Waals surface area contributed by atoms with Crippen molar-refractivity contribution < 1.29 is 13.2 Å². The summed E-state index contributed by atoms with van der Waals surface area (Å²) < 4.78 is 38.0. The standard InChI is InChI=1S/C15H20F3N/c1-10(9-19-14-6-7-14)11(2)12-4-3-5-13(8-12)15(16,17)18/h3-5,8,10-11,14,19H,6-7,9H2,1-2H3. The average molecular weight is 271 g/mol. The van der Waals surface area contributed by atoms with Gasteiger partial charge in [-0.25, -0.2) is 0 Å². The fourth-order valence-corrected chi connectivity index (χ4v) is 2.14. The van der Waals surface area contributed by atoms with E-state index >= 15 is 0 Å². The van der Waals surface area contributed by atoms with Crippen LogP contribution in [-0.2, 0) is 6.18 Å². The zero-order valence-corrected chi connectivity index (χ0v) is 11.3. The summed E-state index contributed by atoms with van der Waals surface area (Å²) in [5.41, 5.74) is 0.208. The Kier molecular flexibility index (Phi) is 4.19. The third kappa shape index (κ3) is 3.96. The highest BCUT2D eigenvalue weighted by molar-refractivity contribution is 5.28. The van der Waals surface area contributed by atoms with E-state index in [1.165, 1.54) is 25.0 Å². The van der Waals surface area contributed by atoms with Crippen LogP contribution < -0.4 is 5.32 Å². The van der Waals surface area contributed by atoms with Crippen LogP contribution in [0.5, 0.6) is 0 Å². The van der Waals surface area contributed by atoms with Gasteiger partial charge in [-0.15, -0.1) is 0 Å². The summed E-state index contributed by atoms with van der Waals surface area (Å²) in [5.74, 6) is 0.442. The Morgan fingerprint density at radius 1 is 1.26 bits per heavy atom. The first-order valence-corrected chi connectivity index (χ1v) is 6.78. The number of rotatable bonds is 5. The predicted molar refractivity (Wildman–Crippen MR) is 70.0 cm³/mol. The zero-order valence-electron chi connectivity index (χ0n) is 11.3. The van der Waals surface area contributed by atoms with Crippen LogP contribution in [-0.4, -0.2) is 12.6 Å². The minimum Gasteiger partial charge on any atom is -0.314 e. The van der Waals surface area contributed by atoms with Crippen molar-refractivity contribution >= 4 is 0 Å². The van der Waals surface area contributed by atoms with Crippen LogP contribution in [0.3, 0.4) is 0 Å². The van der Waals surface area contributed by atoms with Crippen LogP contribution in [0.2, 0.25) is 0 Å². The largest absolute Gasteiger partial charge is 0.416 e. The van der Waals surface area contributed by atoms with E-state index in [4.69, 9.17) is 0 Å². The van der Waals surface area contributed by atoms with Crippen LogP contribution in [0, 0.1) is 5.92 Å². The minimum absolute atomic E-state index is 0.119. The van der Waals surface area contributed by atoms with Gasteiger partial charge in [0.25, 0.3) is 0 Å². The summed E-state index contributed by atoms with van der Waals surface area (Å²) in [7, 11) is 0. The molecule has 0 heterocycles. The van der Waals surface area contributed by atoms with E-state index in [1.807, 2.05) is 6.92 Å². The first-order valence-electron chi connectivity index (χ1n) is 6.78. The van der Waals surface area contributed by atoms with Crippen molar-refractivity contribution in [2.45, 2.75) is 44.8 Å². The molecule has 1 aliphatic carbocycles. The highest BCUT2D eigenvalue weighted by Gasteiger charge is 2.31. The van der Waals surface area contributed by atoms with Crippen LogP contribution >= 0.6 is 0 Å². The van der Waals surface area contributed by atoms with Crippen molar-refractivity contribution in [2.24, 2.45) is 5.92 Å². The van der Waals surface area contributed by atoms with Gasteiger partial charge in [-0.2, -0.15) is 13.2 Å². The van der Waals surface area contributed by atoms with Crippen LogP contribution in [0.15, 0.2) is 24.3 Å². The predicted octanol–water partition coefficient (Wildman–Crippen LogP) is 4.20. The molecular formula is C15H20F3N. The van der Waals surface area contributed by atoms with Gasteiger partial charge in [0.15, 0.2) is 0 Å². The molecule has 4 heteroatoms. The molecule has 1 saturated carbocycles. The molecule has 0 aromatic heterocycles. The zero-order chi connectivity index (χ0) is 14.0. The molecule has 0 saturated heterocycles. The maximum atomic E-state index is 12.7. The van der Waals surface area contributed by atoms with Crippen molar-refractivity contribution in [1.82, 2.24) is 5.32 Å². The molecule has 1 aliphatic rings. The first-order chi connectivity index (χ1) is 8.88. The van der Waals surface area contributed by atoms with Gasteiger partial charge in [0.1, 0.15) is 0 Å². The maximum absolute atomic E-state index is 12.7. The third-order valence-electron chi connectivity index (χ3n) is 3.90. The Balaban J connectivity index is 2.02. The average Bonchev–Trinajstić information content (AvgIpc) is 3.18. The lowest BCUT2D eigenvalue weighted by Gasteiger charge is -2.21. The smallest absolute Gasteiger partial charge is 0.314 e. The van der Waals surface area contributed by atoms with Crippen LogP contribution in [0.1, 0.15) is 43.7 Å². The Morgan fingerprint density at radius 3 is 2.53 bits per heavy atom. The lowest BCUT2D eigenvalue weighted by atomic mass is 9.88. The molecule has 0 spiro atoms. The van der Waals surface area contributed by atoms with E-state index in [1.54, 1.807) is 6.07 Å². The van der Waals surface area contributed by atoms with E-state index in [9.17, 15) is 13.2 Å². The van der Waals surface area contributed by atoms with E-state index in [0.717, 1.165) is 18.2 Å². The van der Waals surface area contributed by atoms with Crippen molar-refractivity contribution in [2.75, 3.05) is 6.54 Å². The fourth-order valence-electron chi connectivity index (χ4n) is 2.14. The normalized spacial score (nSPS) is 19.2. The topological polar surface area (TPSA) is 12.0 Å². The summed E-state index contributed by atoms with van der Waals surface area (Å²) in [4.78, 5) is 0. The molecule has 0 aliphatic heterocycles. The summed E-state index contributed by atoms with van der Waals surface area (Å²) in [5, 5.41) is 3.43. The summed E-state index contributed by atoms with van der Waals surface area (Å²) >= 11 is 0. The Morgan fingerprint density at radius 2 is 1.95 bits per heavy atom. The Bertz CT molecular complexity index is 424. The molecule has 1 nitrogen and oxygen atoms in total. The lowest BCUT2D eigenvalue weighted by molar-refractivity contribution is -0.137. The molecule has 2 atom stereocenters. The molecule has 19 heavy (non-hydrogen) atoms. The quantitative estimate of drug-likeness (QED) is 0.846. The number of nitrogens with one attached hydrogen (secondary N) is 1.